The van der Waals surface area contributed by atoms with Gasteiger partial charge in [0.25, 0.3) is 23.6 Å². The fourth-order valence-electron chi connectivity index (χ4n) is 9.69. The lowest BCUT2D eigenvalue weighted by molar-refractivity contribution is 0.0635. The van der Waals surface area contributed by atoms with E-state index in [4.69, 9.17) is 0 Å². The lowest BCUT2D eigenvalue weighted by atomic mass is 9.77. The summed E-state index contributed by atoms with van der Waals surface area (Å²) in [4.78, 5) is 56.6. The number of carbonyl (C=O) groups excluding carboxylic acids is 4. The summed E-state index contributed by atoms with van der Waals surface area (Å²) in [6.45, 7) is 0. The van der Waals surface area contributed by atoms with Crippen LogP contribution in [-0.4, -0.2) is 47.5 Å². The molecule has 2 heterocycles. The summed E-state index contributed by atoms with van der Waals surface area (Å²) in [5.41, 5.74) is 2.14. The number of fused-ring (bicyclic) bond motifs is 10. The first-order valence-electron chi connectivity index (χ1n) is 16.7. The van der Waals surface area contributed by atoms with E-state index in [0.717, 1.165) is 86.2 Å². The van der Waals surface area contributed by atoms with Gasteiger partial charge in [0.15, 0.2) is 0 Å². The first kappa shape index (κ1) is 26.3. The average molecular weight is 643 g/mol. The van der Waals surface area contributed by atoms with Crippen molar-refractivity contribution in [2.24, 2.45) is 0 Å². The van der Waals surface area contributed by atoms with Gasteiger partial charge in [0, 0.05) is 47.1 Å². The van der Waals surface area contributed by atoms with Gasteiger partial charge in [0.05, 0.1) is 0 Å². The van der Waals surface area contributed by atoms with Gasteiger partial charge in [-0.05, 0) is 110 Å². The van der Waals surface area contributed by atoms with Crippen LogP contribution in [0.3, 0.4) is 0 Å². The minimum Gasteiger partial charge on any atom is -0.277 e. The third-order valence-corrected chi connectivity index (χ3v) is 11.7. The number of carbonyl (C=O) groups is 4. The molecule has 10 aromatic rings. The number of rotatable bonds is 0. The van der Waals surface area contributed by atoms with Crippen LogP contribution in [0.1, 0.15) is 41.4 Å². The number of hydrogen-bond acceptors (Lipinski definition) is 4. The standard InChI is InChI=1S/C44H22N2O4/c1-45-41(47)27-15-11-23-31-19-7-3-5-9-21(19)33-25-13-17-29-38-30(44(50)46(2)43(29)49)18-14-26(36(25)38)34-22-10-6-4-8-20(22)32(39(31)40(33)34)24-12-16-28(42(45)48)37(27)35(23)24/h3-18H,1-2H3. The highest BCUT2D eigenvalue weighted by Crippen LogP contribution is 2.55. The Morgan fingerprint density at radius 1 is 0.280 bits per heavy atom. The molecule has 0 aromatic heterocycles. The van der Waals surface area contributed by atoms with Gasteiger partial charge in [-0.15, -0.1) is 0 Å². The van der Waals surface area contributed by atoms with E-state index in [9.17, 15) is 19.2 Å². The first-order valence-corrected chi connectivity index (χ1v) is 16.7. The summed E-state index contributed by atoms with van der Waals surface area (Å²) in [7, 11) is 3.09. The van der Waals surface area contributed by atoms with E-state index in [0.29, 0.717) is 33.0 Å². The Bertz CT molecular complexity index is 2940. The Balaban J connectivity index is 1.47. The fourth-order valence-corrected chi connectivity index (χ4v) is 9.69. The van der Waals surface area contributed by atoms with Crippen molar-refractivity contribution in [3.63, 3.8) is 0 Å². The van der Waals surface area contributed by atoms with Crippen molar-refractivity contribution in [3.05, 3.63) is 119 Å². The van der Waals surface area contributed by atoms with Crippen LogP contribution in [0, 0.1) is 0 Å². The molecule has 2 aliphatic heterocycles. The highest BCUT2D eigenvalue weighted by molar-refractivity contribution is 6.54. The third kappa shape index (κ3) is 2.65. The lowest BCUT2D eigenvalue weighted by Crippen LogP contribution is -2.36. The Kier molecular flexibility index (Phi) is 4.37. The van der Waals surface area contributed by atoms with Crippen LogP contribution in [0.5, 0.6) is 0 Å². The minimum absolute atomic E-state index is 0.295. The molecule has 0 fully saturated rings. The van der Waals surface area contributed by atoms with Crippen LogP contribution in [0.25, 0.3) is 97.0 Å². The summed E-state index contributed by atoms with van der Waals surface area (Å²) < 4.78 is 0. The molecule has 0 atom stereocenters. The monoisotopic (exact) mass is 642 g/mol. The van der Waals surface area contributed by atoms with E-state index >= 15 is 0 Å². The van der Waals surface area contributed by atoms with Crippen molar-refractivity contribution >= 4 is 121 Å². The second kappa shape index (κ2) is 8.31. The van der Waals surface area contributed by atoms with Crippen molar-refractivity contribution in [1.82, 2.24) is 9.80 Å². The Morgan fingerprint density at radius 3 is 0.780 bits per heavy atom. The van der Waals surface area contributed by atoms with Gasteiger partial charge in [-0.2, -0.15) is 0 Å². The van der Waals surface area contributed by atoms with Crippen LogP contribution >= 0.6 is 0 Å². The van der Waals surface area contributed by atoms with Gasteiger partial charge in [0.2, 0.25) is 0 Å². The molecule has 4 amide bonds. The second-order valence-corrected chi connectivity index (χ2v) is 13.8. The minimum atomic E-state index is -0.295. The van der Waals surface area contributed by atoms with Crippen molar-refractivity contribution < 1.29 is 19.2 Å². The van der Waals surface area contributed by atoms with Crippen LogP contribution in [0.15, 0.2) is 97.1 Å². The number of hydrogen-bond donors (Lipinski definition) is 0. The third-order valence-electron chi connectivity index (χ3n) is 11.7. The molecule has 12 rings (SSSR count). The zero-order valence-corrected chi connectivity index (χ0v) is 26.8. The van der Waals surface area contributed by atoms with E-state index in [-0.39, 0.29) is 23.6 Å². The van der Waals surface area contributed by atoms with Gasteiger partial charge >= 0.3 is 0 Å². The van der Waals surface area contributed by atoms with E-state index in [2.05, 4.69) is 72.8 Å². The van der Waals surface area contributed by atoms with E-state index in [1.807, 2.05) is 24.3 Å². The van der Waals surface area contributed by atoms with E-state index < -0.39 is 0 Å². The number of amides is 4. The Hall–Kier alpha value is -6.66. The molecule has 0 spiro atoms. The highest BCUT2D eigenvalue weighted by Gasteiger charge is 2.35. The molecule has 0 N–H and O–H groups in total. The van der Waals surface area contributed by atoms with Crippen LogP contribution in [-0.2, 0) is 0 Å². The largest absolute Gasteiger partial charge is 0.277 e. The van der Waals surface area contributed by atoms with Crippen LogP contribution in [0.4, 0.5) is 0 Å². The molecule has 6 nitrogen and oxygen atoms in total. The van der Waals surface area contributed by atoms with Crippen LogP contribution < -0.4 is 0 Å². The molecule has 50 heavy (non-hydrogen) atoms. The molecule has 10 aromatic carbocycles. The second-order valence-electron chi connectivity index (χ2n) is 13.8. The molecule has 2 aliphatic rings. The predicted molar refractivity (Wildman–Crippen MR) is 199 cm³/mol. The quantitative estimate of drug-likeness (QED) is 0.0939. The van der Waals surface area contributed by atoms with Gasteiger partial charge < -0.3 is 0 Å². The van der Waals surface area contributed by atoms with Gasteiger partial charge in [-0.1, -0.05) is 72.8 Å². The summed E-state index contributed by atoms with van der Waals surface area (Å²) in [5.74, 6) is -1.18. The van der Waals surface area contributed by atoms with Crippen molar-refractivity contribution in [3.8, 4) is 0 Å². The summed E-state index contributed by atoms with van der Waals surface area (Å²) in [5, 5.41) is 18.1. The van der Waals surface area contributed by atoms with Gasteiger partial charge in [-0.25, -0.2) is 0 Å². The maximum Gasteiger partial charge on any atom is 0.261 e. The number of nitrogens with zero attached hydrogens (tertiary/aromatic N) is 2. The first-order chi connectivity index (χ1) is 24.4. The molecule has 0 unspecified atom stereocenters. The molecular formula is C44H22N2O4. The molecule has 0 radical (unpaired) electrons. The molecule has 232 valence electrons. The topological polar surface area (TPSA) is 74.8 Å². The maximum atomic E-state index is 13.5. The Labute approximate surface area is 282 Å². The highest BCUT2D eigenvalue weighted by atomic mass is 16.2. The molecule has 0 saturated carbocycles. The van der Waals surface area contributed by atoms with E-state index in [1.54, 1.807) is 14.1 Å². The van der Waals surface area contributed by atoms with E-state index in [1.165, 1.54) is 9.80 Å². The maximum absolute atomic E-state index is 13.5. The molecule has 6 heteroatoms. The summed E-state index contributed by atoms with van der Waals surface area (Å²) in [6, 6.07) is 32.6. The Morgan fingerprint density at radius 2 is 0.520 bits per heavy atom. The zero-order chi connectivity index (χ0) is 33.5. The summed E-state index contributed by atoms with van der Waals surface area (Å²) in [6.07, 6.45) is 0. The van der Waals surface area contributed by atoms with Crippen molar-refractivity contribution in [2.75, 3.05) is 14.1 Å². The smallest absolute Gasteiger partial charge is 0.261 e. The molecule has 0 bridgehead atoms. The van der Waals surface area contributed by atoms with Gasteiger partial charge in [0.1, 0.15) is 0 Å². The average Bonchev–Trinajstić information content (AvgIpc) is 3.15. The SMILES string of the molecule is CN1C(=O)c2ccc3c4c2c(ccc4c2c4ccccc4c4c5ccc6c7c(ccc(c75)c5c7ccccc7c3c2c54)C(=O)N(C)C6=O)C1=O. The molecule has 0 saturated heterocycles. The van der Waals surface area contributed by atoms with Crippen molar-refractivity contribution in [2.45, 2.75) is 0 Å². The summed E-state index contributed by atoms with van der Waals surface area (Å²) >= 11 is 0. The lowest BCUT2D eigenvalue weighted by Gasteiger charge is -2.28. The zero-order valence-electron chi connectivity index (χ0n) is 26.8. The predicted octanol–water partition coefficient (Wildman–Crippen LogP) is 9.39. The normalized spacial score (nSPS) is 15.1. The van der Waals surface area contributed by atoms with Crippen molar-refractivity contribution in [1.29, 1.82) is 0 Å². The number of benzene rings is 10. The molecular weight excluding hydrogens is 620 g/mol. The van der Waals surface area contributed by atoms with Gasteiger partial charge in [-0.3, -0.25) is 29.0 Å². The number of imide groups is 2. The fraction of sp³-hybridized carbons (Fsp3) is 0.0455. The van der Waals surface area contributed by atoms with Crippen LogP contribution in [0.2, 0.25) is 0 Å². The molecule has 0 aliphatic carbocycles.